The van der Waals surface area contributed by atoms with Crippen LogP contribution in [-0.2, 0) is 20.8 Å². The first-order valence-corrected chi connectivity index (χ1v) is 11.6. The van der Waals surface area contributed by atoms with Crippen molar-refractivity contribution in [3.63, 3.8) is 0 Å². The molecule has 1 aromatic carbocycles. The predicted molar refractivity (Wildman–Crippen MR) is 125 cm³/mol. The van der Waals surface area contributed by atoms with Crippen LogP contribution in [0.5, 0.6) is 0 Å². The van der Waals surface area contributed by atoms with Gasteiger partial charge in [-0.05, 0) is 37.8 Å². The van der Waals surface area contributed by atoms with Crippen LogP contribution in [0.25, 0.3) is 10.9 Å². The molecule has 0 fully saturated rings. The minimum absolute atomic E-state index is 0.0268. The Morgan fingerprint density at radius 3 is 2.35 bits per heavy atom. The zero-order valence-electron chi connectivity index (χ0n) is 18.7. The van der Waals surface area contributed by atoms with Crippen molar-refractivity contribution >= 4 is 28.9 Å². The molecule has 0 aliphatic carbocycles. The van der Waals surface area contributed by atoms with Crippen molar-refractivity contribution in [3.8, 4) is 0 Å². The lowest BCUT2D eigenvalue weighted by atomic mass is 9.98. The number of benzene rings is 1. The number of carbonyl (C=O) groups excluding carboxylic acids is 3. The van der Waals surface area contributed by atoms with E-state index in [4.69, 9.17) is 5.73 Å². The Bertz CT molecular complexity index is 830. The fraction of sp³-hybridized carbons (Fsp3) is 0.560. The van der Waals surface area contributed by atoms with Gasteiger partial charge in [-0.25, -0.2) is 0 Å². The largest absolute Gasteiger partial charge is 0.361 e. The number of unbranched alkanes of at least 4 members (excludes halogenated alkanes) is 7. The van der Waals surface area contributed by atoms with Gasteiger partial charge >= 0.3 is 0 Å². The Balaban J connectivity index is 1.47. The first kappa shape index (κ1) is 24.8. The number of Topliss-reactive ketones (excluding diaryl/α,β-unsaturated/α-hetero) is 1. The van der Waals surface area contributed by atoms with Gasteiger partial charge in [0.1, 0.15) is 12.1 Å². The average Bonchev–Trinajstić information content (AvgIpc) is 3.17. The van der Waals surface area contributed by atoms with E-state index in [0.29, 0.717) is 19.4 Å². The van der Waals surface area contributed by atoms with Crippen LogP contribution in [0.3, 0.4) is 0 Å². The number of H-pyrrole nitrogens is 1. The summed E-state index contributed by atoms with van der Waals surface area (Å²) in [6, 6.07) is 7.49. The molecule has 0 spiro atoms. The normalized spacial score (nSPS) is 13.1. The van der Waals surface area contributed by atoms with Gasteiger partial charge in [0.15, 0.2) is 0 Å². The molecule has 170 valence electrons. The molecule has 0 radical (unpaired) electrons. The van der Waals surface area contributed by atoms with Crippen molar-refractivity contribution in [2.24, 2.45) is 11.7 Å². The van der Waals surface area contributed by atoms with E-state index >= 15 is 0 Å². The van der Waals surface area contributed by atoms with E-state index in [1.807, 2.05) is 30.5 Å². The summed E-state index contributed by atoms with van der Waals surface area (Å²) >= 11 is 0. The summed E-state index contributed by atoms with van der Waals surface area (Å²) < 4.78 is 0. The molecule has 0 saturated carbocycles. The van der Waals surface area contributed by atoms with Gasteiger partial charge in [0, 0.05) is 23.6 Å². The Labute approximate surface area is 185 Å². The minimum atomic E-state index is -0.541. The SMILES string of the molecule is CC(=O)C(C=O)CCCCCCCCCCNC(=O)[C@@H](N)Cc1c[nH]c2ccccc12. The van der Waals surface area contributed by atoms with Gasteiger partial charge in [-0.3, -0.25) is 9.59 Å². The number of rotatable bonds is 16. The fourth-order valence-corrected chi connectivity index (χ4v) is 3.89. The van der Waals surface area contributed by atoms with Crippen molar-refractivity contribution in [1.82, 2.24) is 10.3 Å². The van der Waals surface area contributed by atoms with Crippen molar-refractivity contribution in [3.05, 3.63) is 36.0 Å². The lowest BCUT2D eigenvalue weighted by molar-refractivity contribution is -0.126. The molecule has 1 unspecified atom stereocenters. The number of nitrogens with one attached hydrogen (secondary N) is 2. The van der Waals surface area contributed by atoms with Crippen LogP contribution >= 0.6 is 0 Å². The van der Waals surface area contributed by atoms with Crippen molar-refractivity contribution in [1.29, 1.82) is 0 Å². The fourth-order valence-electron chi connectivity index (χ4n) is 3.89. The maximum atomic E-state index is 12.3. The Morgan fingerprint density at radius 2 is 1.68 bits per heavy atom. The highest BCUT2D eigenvalue weighted by Crippen LogP contribution is 2.18. The number of nitrogens with two attached hydrogens (primary N) is 1. The number of para-hydroxylation sites is 1. The highest BCUT2D eigenvalue weighted by Gasteiger charge is 2.15. The molecule has 1 heterocycles. The molecule has 0 saturated heterocycles. The average molecular weight is 428 g/mol. The lowest BCUT2D eigenvalue weighted by Crippen LogP contribution is -2.42. The first-order valence-electron chi connectivity index (χ1n) is 11.6. The third-order valence-corrected chi connectivity index (χ3v) is 5.88. The maximum absolute atomic E-state index is 12.3. The van der Waals surface area contributed by atoms with Gasteiger partial charge in [0.2, 0.25) is 5.91 Å². The van der Waals surface area contributed by atoms with E-state index in [2.05, 4.69) is 10.3 Å². The summed E-state index contributed by atoms with van der Waals surface area (Å²) in [5.74, 6) is -0.531. The van der Waals surface area contributed by atoms with Crippen LogP contribution in [0.2, 0.25) is 0 Å². The zero-order valence-corrected chi connectivity index (χ0v) is 18.7. The van der Waals surface area contributed by atoms with Crippen molar-refractivity contribution in [2.75, 3.05) is 6.54 Å². The molecule has 6 heteroatoms. The van der Waals surface area contributed by atoms with Crippen molar-refractivity contribution < 1.29 is 14.4 Å². The van der Waals surface area contributed by atoms with E-state index in [1.54, 1.807) is 0 Å². The van der Waals surface area contributed by atoms with Gasteiger partial charge in [0.05, 0.1) is 12.0 Å². The molecular weight excluding hydrogens is 390 g/mol. The second-order valence-corrected chi connectivity index (χ2v) is 8.43. The number of amides is 1. The van der Waals surface area contributed by atoms with Gasteiger partial charge in [-0.15, -0.1) is 0 Å². The Morgan fingerprint density at radius 1 is 1.03 bits per heavy atom. The highest BCUT2D eigenvalue weighted by molar-refractivity contribution is 5.91. The summed E-state index contributed by atoms with van der Waals surface area (Å²) in [7, 11) is 0. The van der Waals surface area contributed by atoms with E-state index in [1.165, 1.54) is 19.8 Å². The van der Waals surface area contributed by atoms with Crippen LogP contribution in [-0.4, -0.2) is 35.5 Å². The molecule has 0 aliphatic rings. The number of hydrogen-bond donors (Lipinski definition) is 3. The highest BCUT2D eigenvalue weighted by atomic mass is 16.2. The van der Waals surface area contributed by atoms with E-state index in [9.17, 15) is 14.4 Å². The van der Waals surface area contributed by atoms with Crippen LogP contribution in [0, 0.1) is 5.92 Å². The second-order valence-electron chi connectivity index (χ2n) is 8.43. The van der Waals surface area contributed by atoms with E-state index in [0.717, 1.165) is 61.3 Å². The van der Waals surface area contributed by atoms with Gasteiger partial charge in [-0.1, -0.05) is 63.1 Å². The van der Waals surface area contributed by atoms with Crippen molar-refractivity contribution in [2.45, 2.75) is 77.2 Å². The van der Waals surface area contributed by atoms with Gasteiger partial charge in [0.25, 0.3) is 0 Å². The Hall–Kier alpha value is -2.47. The molecule has 2 atom stereocenters. The molecule has 0 aliphatic heterocycles. The molecule has 6 nitrogen and oxygen atoms in total. The maximum Gasteiger partial charge on any atom is 0.237 e. The third kappa shape index (κ3) is 8.66. The van der Waals surface area contributed by atoms with Crippen LogP contribution in [0.15, 0.2) is 30.5 Å². The second kappa shape index (κ2) is 13.8. The predicted octanol–water partition coefficient (Wildman–Crippen LogP) is 4.07. The minimum Gasteiger partial charge on any atom is -0.361 e. The van der Waals surface area contributed by atoms with Crippen LogP contribution < -0.4 is 11.1 Å². The number of carbonyl (C=O) groups is 3. The number of hydrogen-bond acceptors (Lipinski definition) is 4. The van der Waals surface area contributed by atoms with Crippen LogP contribution in [0.4, 0.5) is 0 Å². The molecule has 4 N–H and O–H groups in total. The number of aromatic amines is 1. The summed E-state index contributed by atoms with van der Waals surface area (Å²) in [5.41, 5.74) is 8.23. The zero-order chi connectivity index (χ0) is 22.5. The smallest absolute Gasteiger partial charge is 0.237 e. The molecule has 1 amide bonds. The quantitative estimate of drug-likeness (QED) is 0.213. The monoisotopic (exact) mass is 427 g/mol. The lowest BCUT2D eigenvalue weighted by Gasteiger charge is -2.12. The topological polar surface area (TPSA) is 105 Å². The molecular formula is C25H37N3O3. The van der Waals surface area contributed by atoms with Gasteiger partial charge < -0.3 is 20.8 Å². The van der Waals surface area contributed by atoms with Gasteiger partial charge in [-0.2, -0.15) is 0 Å². The Kier molecular flexibility index (Phi) is 11.0. The summed E-state index contributed by atoms with van der Waals surface area (Å²) in [5, 5.41) is 4.08. The molecule has 1 aromatic heterocycles. The summed E-state index contributed by atoms with van der Waals surface area (Å²) in [4.78, 5) is 37.5. The van der Waals surface area contributed by atoms with E-state index < -0.39 is 12.0 Å². The number of aldehydes is 1. The molecule has 2 rings (SSSR count). The standard InChI is InChI=1S/C25H37N3O3/c1-19(30)20(18-29)12-8-6-4-2-3-5-7-11-15-27-25(31)23(26)16-21-17-28-24-14-10-9-13-22(21)24/h9-10,13-14,17-18,20,23,28H,2-8,11-12,15-16,26H2,1H3,(H,27,31)/t20?,23-/m0/s1. The first-order chi connectivity index (χ1) is 15.0. The number of aromatic nitrogens is 1. The number of fused-ring (bicyclic) bond motifs is 1. The molecule has 31 heavy (non-hydrogen) atoms. The van der Waals surface area contributed by atoms with E-state index in [-0.39, 0.29) is 11.7 Å². The van der Waals surface area contributed by atoms with Crippen LogP contribution in [0.1, 0.15) is 70.3 Å². The molecule has 0 bridgehead atoms. The summed E-state index contributed by atoms with van der Waals surface area (Å²) in [6.07, 6.45) is 12.6. The third-order valence-electron chi connectivity index (χ3n) is 5.88. The molecule has 2 aromatic rings. The number of ketones is 1. The summed E-state index contributed by atoms with van der Waals surface area (Å²) in [6.45, 7) is 2.15.